The van der Waals surface area contributed by atoms with Crippen molar-refractivity contribution in [3.63, 3.8) is 0 Å². The molecule has 5 rings (SSSR count). The summed E-state index contributed by atoms with van der Waals surface area (Å²) >= 11 is 0. The molecule has 36 heavy (non-hydrogen) atoms. The Labute approximate surface area is 206 Å². The SMILES string of the molecule is COc1cc(OC)c2c(=O)[nH]c(-c3ccc(N4CCN(C(=O)c5ccc(F)cc5)CC4)cc3)nc2c1. The number of hydrogen-bond donors (Lipinski definition) is 1. The molecule has 0 unspecified atom stereocenters. The van der Waals surface area contributed by atoms with Crippen LogP contribution >= 0.6 is 0 Å². The van der Waals surface area contributed by atoms with Crippen LogP contribution in [0.5, 0.6) is 11.5 Å². The molecule has 2 heterocycles. The lowest BCUT2D eigenvalue weighted by Crippen LogP contribution is -2.48. The van der Waals surface area contributed by atoms with E-state index in [4.69, 9.17) is 9.47 Å². The van der Waals surface area contributed by atoms with Crippen LogP contribution < -0.4 is 19.9 Å². The zero-order valence-corrected chi connectivity index (χ0v) is 20.0. The topological polar surface area (TPSA) is 87.8 Å². The smallest absolute Gasteiger partial charge is 0.262 e. The lowest BCUT2D eigenvalue weighted by Gasteiger charge is -2.36. The maximum Gasteiger partial charge on any atom is 0.262 e. The predicted molar refractivity (Wildman–Crippen MR) is 135 cm³/mol. The third kappa shape index (κ3) is 4.47. The highest BCUT2D eigenvalue weighted by atomic mass is 19.1. The van der Waals surface area contributed by atoms with E-state index >= 15 is 0 Å². The summed E-state index contributed by atoms with van der Waals surface area (Å²) in [4.78, 5) is 36.9. The van der Waals surface area contributed by atoms with Crippen molar-refractivity contribution in [2.75, 3.05) is 45.3 Å². The third-order valence-electron chi connectivity index (χ3n) is 6.37. The largest absolute Gasteiger partial charge is 0.497 e. The van der Waals surface area contributed by atoms with Crippen LogP contribution in [0.3, 0.4) is 0 Å². The van der Waals surface area contributed by atoms with Crippen LogP contribution in [0, 0.1) is 5.82 Å². The van der Waals surface area contributed by atoms with Gasteiger partial charge in [0.2, 0.25) is 0 Å². The summed E-state index contributed by atoms with van der Waals surface area (Å²) in [6.07, 6.45) is 0. The summed E-state index contributed by atoms with van der Waals surface area (Å²) in [7, 11) is 3.05. The molecule has 184 valence electrons. The van der Waals surface area contributed by atoms with Crippen LogP contribution in [0.2, 0.25) is 0 Å². The van der Waals surface area contributed by atoms with Crippen LogP contribution in [0.15, 0.2) is 65.5 Å². The summed E-state index contributed by atoms with van der Waals surface area (Å²) in [5.74, 6) is 0.948. The predicted octanol–water partition coefficient (Wildman–Crippen LogP) is 3.71. The first-order chi connectivity index (χ1) is 17.5. The van der Waals surface area contributed by atoms with Crippen LogP contribution in [0.1, 0.15) is 10.4 Å². The van der Waals surface area contributed by atoms with E-state index in [0.29, 0.717) is 60.0 Å². The summed E-state index contributed by atoms with van der Waals surface area (Å²) in [6, 6.07) is 16.8. The molecule has 1 amide bonds. The number of nitrogens with one attached hydrogen (secondary N) is 1. The van der Waals surface area contributed by atoms with Gasteiger partial charge in [0.15, 0.2) is 0 Å². The molecule has 9 heteroatoms. The van der Waals surface area contributed by atoms with Gasteiger partial charge in [0.25, 0.3) is 11.5 Å². The molecule has 0 atom stereocenters. The standard InChI is InChI=1S/C27H25FN4O4/c1-35-21-15-22-24(23(16-21)36-2)26(33)30-25(29-22)17-5-9-20(10-6-17)31-11-13-32(14-12-31)27(34)18-3-7-19(28)8-4-18/h3-10,15-16H,11-14H2,1-2H3,(H,29,30,33). The van der Waals surface area contributed by atoms with Crippen molar-refractivity contribution in [3.05, 3.63) is 82.4 Å². The number of nitrogens with zero attached hydrogens (tertiary/aromatic N) is 3. The number of aromatic amines is 1. The normalized spacial score (nSPS) is 13.6. The van der Waals surface area contributed by atoms with E-state index in [9.17, 15) is 14.0 Å². The van der Waals surface area contributed by atoms with Crippen molar-refractivity contribution in [1.82, 2.24) is 14.9 Å². The van der Waals surface area contributed by atoms with E-state index in [-0.39, 0.29) is 17.3 Å². The second-order valence-electron chi connectivity index (χ2n) is 8.47. The minimum absolute atomic E-state index is 0.0930. The Morgan fingerprint density at radius 1 is 0.944 bits per heavy atom. The van der Waals surface area contributed by atoms with Crippen molar-refractivity contribution >= 4 is 22.5 Å². The van der Waals surface area contributed by atoms with Gasteiger partial charge in [0.05, 0.1) is 19.7 Å². The summed E-state index contributed by atoms with van der Waals surface area (Å²) in [5.41, 5.74) is 2.46. The van der Waals surface area contributed by atoms with Crippen LogP contribution in [0.4, 0.5) is 10.1 Å². The average molecular weight is 489 g/mol. The van der Waals surface area contributed by atoms with E-state index in [1.54, 1.807) is 24.1 Å². The molecule has 8 nitrogen and oxygen atoms in total. The number of anilines is 1. The Bertz CT molecular complexity index is 1460. The van der Waals surface area contributed by atoms with Crippen molar-refractivity contribution < 1.29 is 18.7 Å². The van der Waals surface area contributed by atoms with Gasteiger partial charge in [-0.3, -0.25) is 9.59 Å². The molecule has 0 bridgehead atoms. The Hall–Kier alpha value is -4.40. The zero-order chi connectivity index (χ0) is 25.2. The van der Waals surface area contributed by atoms with Gasteiger partial charge in [-0.05, 0) is 48.5 Å². The minimum atomic E-state index is -0.359. The maximum atomic E-state index is 13.2. The molecule has 1 N–H and O–H groups in total. The Kier molecular flexibility index (Phi) is 6.28. The highest BCUT2D eigenvalue weighted by Crippen LogP contribution is 2.29. The van der Waals surface area contributed by atoms with Crippen molar-refractivity contribution in [2.24, 2.45) is 0 Å². The monoisotopic (exact) mass is 488 g/mol. The first kappa shape index (κ1) is 23.3. The molecule has 1 saturated heterocycles. The third-order valence-corrected chi connectivity index (χ3v) is 6.37. The highest BCUT2D eigenvalue weighted by molar-refractivity contribution is 5.94. The Morgan fingerprint density at radius 2 is 1.64 bits per heavy atom. The first-order valence-electron chi connectivity index (χ1n) is 11.5. The Morgan fingerprint density at radius 3 is 2.28 bits per heavy atom. The lowest BCUT2D eigenvalue weighted by molar-refractivity contribution is 0.0746. The number of fused-ring (bicyclic) bond motifs is 1. The summed E-state index contributed by atoms with van der Waals surface area (Å²) in [6.45, 7) is 2.50. The second kappa shape index (κ2) is 9.69. The first-order valence-corrected chi connectivity index (χ1v) is 11.5. The zero-order valence-electron chi connectivity index (χ0n) is 20.0. The van der Waals surface area contributed by atoms with Gasteiger partial charge in [-0.25, -0.2) is 9.37 Å². The van der Waals surface area contributed by atoms with E-state index in [1.807, 2.05) is 24.3 Å². The molecule has 0 spiro atoms. The maximum absolute atomic E-state index is 13.2. The van der Waals surface area contributed by atoms with Gasteiger partial charge in [-0.15, -0.1) is 0 Å². The van der Waals surface area contributed by atoms with Gasteiger partial charge >= 0.3 is 0 Å². The molecule has 1 fully saturated rings. The van der Waals surface area contributed by atoms with Gasteiger partial charge < -0.3 is 24.3 Å². The fourth-order valence-corrected chi connectivity index (χ4v) is 4.40. The van der Waals surface area contributed by atoms with Crippen LogP contribution in [0.25, 0.3) is 22.3 Å². The van der Waals surface area contributed by atoms with E-state index in [1.165, 1.54) is 31.4 Å². The molecule has 3 aromatic carbocycles. The van der Waals surface area contributed by atoms with Crippen molar-refractivity contribution in [2.45, 2.75) is 0 Å². The van der Waals surface area contributed by atoms with Crippen molar-refractivity contribution in [3.8, 4) is 22.9 Å². The molecular weight excluding hydrogens is 463 g/mol. The fourth-order valence-electron chi connectivity index (χ4n) is 4.40. The number of rotatable bonds is 5. The molecule has 4 aromatic rings. The number of hydrogen-bond acceptors (Lipinski definition) is 6. The lowest BCUT2D eigenvalue weighted by atomic mass is 10.1. The van der Waals surface area contributed by atoms with Gasteiger partial charge in [0, 0.05) is 55.1 Å². The molecule has 0 radical (unpaired) electrons. The van der Waals surface area contributed by atoms with Crippen molar-refractivity contribution in [1.29, 1.82) is 0 Å². The molecule has 0 aliphatic carbocycles. The number of aromatic nitrogens is 2. The summed E-state index contributed by atoms with van der Waals surface area (Å²) in [5, 5.41) is 0.367. The number of methoxy groups -OCH3 is 2. The van der Waals surface area contributed by atoms with Crippen LogP contribution in [-0.2, 0) is 0 Å². The molecular formula is C27H25FN4O4. The highest BCUT2D eigenvalue weighted by Gasteiger charge is 2.22. The molecule has 1 aromatic heterocycles. The number of piperazine rings is 1. The fraction of sp³-hybridized carbons (Fsp3) is 0.222. The van der Waals surface area contributed by atoms with E-state index in [2.05, 4.69) is 14.9 Å². The summed E-state index contributed by atoms with van der Waals surface area (Å²) < 4.78 is 23.8. The number of carbonyl (C=O) groups is 1. The number of amides is 1. The van der Waals surface area contributed by atoms with Gasteiger partial charge in [0.1, 0.15) is 28.5 Å². The number of halogens is 1. The molecule has 1 aliphatic heterocycles. The number of carbonyl (C=O) groups excluding carboxylic acids is 1. The average Bonchev–Trinajstić information content (AvgIpc) is 2.92. The van der Waals surface area contributed by atoms with Gasteiger partial charge in [-0.2, -0.15) is 0 Å². The molecule has 1 aliphatic rings. The number of benzene rings is 3. The Balaban J connectivity index is 1.32. The van der Waals surface area contributed by atoms with Crippen LogP contribution in [-0.4, -0.2) is 61.2 Å². The number of H-pyrrole nitrogens is 1. The minimum Gasteiger partial charge on any atom is -0.497 e. The second-order valence-corrected chi connectivity index (χ2v) is 8.47. The quantitative estimate of drug-likeness (QED) is 0.461. The van der Waals surface area contributed by atoms with Gasteiger partial charge in [-0.1, -0.05) is 0 Å². The number of ether oxygens (including phenoxy) is 2. The molecule has 0 saturated carbocycles. The van der Waals surface area contributed by atoms with E-state index < -0.39 is 0 Å². The van der Waals surface area contributed by atoms with E-state index in [0.717, 1.165) is 11.3 Å².